The van der Waals surface area contributed by atoms with Crippen molar-refractivity contribution in [2.75, 3.05) is 19.0 Å². The quantitative estimate of drug-likeness (QED) is 0.451. The topological polar surface area (TPSA) is 137 Å². The number of carbonyl (C=O) groups excluding carboxylic acids is 4. The zero-order valence-electron chi connectivity index (χ0n) is 18.2. The van der Waals surface area contributed by atoms with E-state index in [4.69, 9.17) is 9.47 Å². The van der Waals surface area contributed by atoms with Crippen LogP contribution in [0.5, 0.6) is 11.5 Å². The first-order valence-corrected chi connectivity index (χ1v) is 9.94. The third-order valence-electron chi connectivity index (χ3n) is 4.73. The Morgan fingerprint density at radius 2 is 1.85 bits per heavy atom. The van der Waals surface area contributed by atoms with Crippen LogP contribution in [0.3, 0.4) is 0 Å². The molecule has 0 radical (unpaired) electrons. The molecule has 0 spiro atoms. The molecule has 0 bridgehead atoms. The van der Waals surface area contributed by atoms with Crippen molar-refractivity contribution in [3.05, 3.63) is 59.3 Å². The number of carbonyl (C=O) groups is 4. The fourth-order valence-corrected chi connectivity index (χ4v) is 2.97. The summed E-state index contributed by atoms with van der Waals surface area (Å²) in [5.74, 6) is -2.16. The van der Waals surface area contributed by atoms with Gasteiger partial charge in [0.2, 0.25) is 5.91 Å². The number of carboxylic acids is 1. The molecule has 1 fully saturated rings. The summed E-state index contributed by atoms with van der Waals surface area (Å²) in [5, 5.41) is 16.0. The lowest BCUT2D eigenvalue weighted by molar-refractivity contribution is -0.312. The number of aliphatic carboxylic acids is 1. The number of urea groups is 1. The Balaban J connectivity index is 1.71. The van der Waals surface area contributed by atoms with Crippen molar-refractivity contribution in [1.82, 2.24) is 10.2 Å². The van der Waals surface area contributed by atoms with Crippen LogP contribution < -0.4 is 25.2 Å². The number of amides is 4. The number of nitrogens with one attached hydrogen (secondary N) is 2. The van der Waals surface area contributed by atoms with Gasteiger partial charge in [-0.1, -0.05) is 23.8 Å². The molecule has 0 aliphatic carbocycles. The van der Waals surface area contributed by atoms with Crippen molar-refractivity contribution in [3.8, 4) is 11.5 Å². The van der Waals surface area contributed by atoms with Crippen molar-refractivity contribution in [3.63, 3.8) is 0 Å². The van der Waals surface area contributed by atoms with E-state index in [-0.39, 0.29) is 17.2 Å². The predicted octanol–water partition coefficient (Wildman–Crippen LogP) is 1.05. The maximum Gasteiger partial charge on any atom is 0.329 e. The second kappa shape index (κ2) is 9.86. The predicted molar refractivity (Wildman–Crippen MR) is 116 cm³/mol. The number of anilines is 1. The standard InChI is InChI=1S/C23H23N3O7/c1-13-4-7-16(8-5-13)24-20(27)12-26-21(28)17(25-23(26)31)10-15-6-9-18(19(11-15)32-3)33-14(2)22(29)30/h4-11,14H,12H2,1-3H3,(H,24,27)(H,25,31)(H,29,30)/p-1/b17-10-/t14-/m0/s1. The van der Waals surface area contributed by atoms with Gasteiger partial charge in [-0.05, 0) is 49.8 Å². The molecular formula is C23H22N3O7-. The fraction of sp³-hybridized carbons (Fsp3) is 0.217. The summed E-state index contributed by atoms with van der Waals surface area (Å²) in [6.07, 6.45) is 0.213. The van der Waals surface area contributed by atoms with E-state index in [0.29, 0.717) is 11.3 Å². The van der Waals surface area contributed by atoms with Crippen molar-refractivity contribution in [1.29, 1.82) is 0 Å². The Morgan fingerprint density at radius 1 is 1.15 bits per heavy atom. The van der Waals surface area contributed by atoms with Gasteiger partial charge in [0.15, 0.2) is 11.5 Å². The van der Waals surface area contributed by atoms with E-state index in [9.17, 15) is 24.3 Å². The van der Waals surface area contributed by atoms with Gasteiger partial charge in [-0.2, -0.15) is 0 Å². The molecule has 33 heavy (non-hydrogen) atoms. The number of ether oxygens (including phenoxy) is 2. The molecule has 4 amide bonds. The molecule has 10 nitrogen and oxygen atoms in total. The SMILES string of the molecule is COc1cc(/C=C2\NC(=O)N(CC(=O)Nc3ccc(C)cc3)C2=O)ccc1O[C@@H](C)C(=O)[O-]. The van der Waals surface area contributed by atoms with Gasteiger partial charge in [0.25, 0.3) is 5.91 Å². The Bertz CT molecular complexity index is 1130. The maximum absolute atomic E-state index is 12.7. The minimum Gasteiger partial charge on any atom is -0.546 e. The lowest BCUT2D eigenvalue weighted by atomic mass is 10.1. The van der Waals surface area contributed by atoms with Crippen LogP contribution in [0.15, 0.2) is 48.2 Å². The van der Waals surface area contributed by atoms with Gasteiger partial charge in [-0.3, -0.25) is 9.59 Å². The monoisotopic (exact) mass is 452 g/mol. The molecule has 172 valence electrons. The van der Waals surface area contributed by atoms with E-state index in [1.165, 1.54) is 32.2 Å². The van der Waals surface area contributed by atoms with Gasteiger partial charge in [-0.15, -0.1) is 0 Å². The third kappa shape index (κ3) is 5.67. The smallest absolute Gasteiger partial charge is 0.329 e. The first-order valence-electron chi connectivity index (χ1n) is 9.94. The number of hydrogen-bond donors (Lipinski definition) is 2. The van der Waals surface area contributed by atoms with Crippen LogP contribution in [0.1, 0.15) is 18.1 Å². The zero-order chi connectivity index (χ0) is 24.1. The highest BCUT2D eigenvalue weighted by Crippen LogP contribution is 2.30. The van der Waals surface area contributed by atoms with Crippen molar-refractivity contribution in [2.24, 2.45) is 0 Å². The van der Waals surface area contributed by atoms with Crippen LogP contribution in [0.2, 0.25) is 0 Å². The molecule has 1 heterocycles. The normalized spacial score (nSPS) is 15.2. The lowest BCUT2D eigenvalue weighted by Gasteiger charge is -2.17. The number of aryl methyl sites for hydroxylation is 1. The molecule has 1 aliphatic heterocycles. The summed E-state index contributed by atoms with van der Waals surface area (Å²) in [6, 6.07) is 10.9. The van der Waals surface area contributed by atoms with Crippen LogP contribution >= 0.6 is 0 Å². The molecule has 1 aliphatic rings. The molecule has 2 aromatic carbocycles. The second-order valence-corrected chi connectivity index (χ2v) is 7.28. The largest absolute Gasteiger partial charge is 0.546 e. The second-order valence-electron chi connectivity index (χ2n) is 7.28. The Morgan fingerprint density at radius 3 is 2.48 bits per heavy atom. The highest BCUT2D eigenvalue weighted by Gasteiger charge is 2.35. The highest BCUT2D eigenvalue weighted by molar-refractivity contribution is 6.16. The number of imide groups is 1. The zero-order valence-corrected chi connectivity index (χ0v) is 18.2. The van der Waals surface area contributed by atoms with Crippen molar-refractivity contribution >= 4 is 35.6 Å². The Labute approximate surface area is 189 Å². The molecule has 10 heteroatoms. The number of hydrogen-bond acceptors (Lipinski definition) is 7. The summed E-state index contributed by atoms with van der Waals surface area (Å²) in [4.78, 5) is 48.9. The van der Waals surface area contributed by atoms with Gasteiger partial charge >= 0.3 is 6.03 Å². The minimum absolute atomic E-state index is 0.0260. The molecule has 2 N–H and O–H groups in total. The van der Waals surface area contributed by atoms with E-state index in [0.717, 1.165) is 10.5 Å². The van der Waals surface area contributed by atoms with E-state index in [1.807, 2.05) is 19.1 Å². The first kappa shape index (κ1) is 23.3. The summed E-state index contributed by atoms with van der Waals surface area (Å²) >= 11 is 0. The van der Waals surface area contributed by atoms with Gasteiger partial charge in [-0.25, -0.2) is 9.69 Å². The van der Waals surface area contributed by atoms with Crippen molar-refractivity contribution < 1.29 is 33.8 Å². The third-order valence-corrected chi connectivity index (χ3v) is 4.73. The summed E-state index contributed by atoms with van der Waals surface area (Å²) < 4.78 is 10.5. The van der Waals surface area contributed by atoms with E-state index in [2.05, 4.69) is 10.6 Å². The van der Waals surface area contributed by atoms with E-state index in [1.54, 1.807) is 18.2 Å². The number of methoxy groups -OCH3 is 1. The molecule has 1 saturated heterocycles. The summed E-state index contributed by atoms with van der Waals surface area (Å²) in [6.45, 7) is 2.78. The Kier molecular flexibility index (Phi) is 6.97. The molecule has 0 saturated carbocycles. The van der Waals surface area contributed by atoms with Gasteiger partial charge in [0.05, 0.1) is 13.1 Å². The van der Waals surface area contributed by atoms with E-state index < -0.39 is 36.5 Å². The van der Waals surface area contributed by atoms with Crippen LogP contribution in [0.25, 0.3) is 6.08 Å². The number of rotatable bonds is 8. The van der Waals surface area contributed by atoms with E-state index >= 15 is 0 Å². The fourth-order valence-electron chi connectivity index (χ4n) is 2.97. The number of nitrogens with zero attached hydrogens (tertiary/aromatic N) is 1. The van der Waals surface area contributed by atoms with Crippen LogP contribution in [0.4, 0.5) is 10.5 Å². The maximum atomic E-state index is 12.7. The number of benzene rings is 2. The number of carboxylic acid groups (broad SMARTS) is 1. The first-order chi connectivity index (χ1) is 15.7. The summed E-state index contributed by atoms with van der Waals surface area (Å²) in [5.41, 5.74) is 2.04. The average molecular weight is 452 g/mol. The molecule has 1 atom stereocenters. The summed E-state index contributed by atoms with van der Waals surface area (Å²) in [7, 11) is 1.37. The minimum atomic E-state index is -1.38. The molecule has 0 aromatic heterocycles. The lowest BCUT2D eigenvalue weighted by Crippen LogP contribution is -2.38. The van der Waals surface area contributed by atoms with Gasteiger partial charge < -0.3 is 30.0 Å². The average Bonchev–Trinajstić information content (AvgIpc) is 3.03. The van der Waals surface area contributed by atoms with Crippen LogP contribution in [-0.4, -0.2) is 48.5 Å². The van der Waals surface area contributed by atoms with Gasteiger partial charge in [0, 0.05) is 5.69 Å². The van der Waals surface area contributed by atoms with Crippen molar-refractivity contribution in [2.45, 2.75) is 20.0 Å². The van der Waals surface area contributed by atoms with Crippen LogP contribution in [-0.2, 0) is 14.4 Å². The van der Waals surface area contributed by atoms with Crippen LogP contribution in [0, 0.1) is 6.92 Å². The Hall–Kier alpha value is -4.34. The molecule has 0 unspecified atom stereocenters. The molecule has 3 rings (SSSR count). The highest BCUT2D eigenvalue weighted by atomic mass is 16.5. The van der Waals surface area contributed by atoms with Gasteiger partial charge in [0.1, 0.15) is 18.3 Å². The molecular weight excluding hydrogens is 430 g/mol. The molecule has 2 aromatic rings.